The normalized spacial score (nSPS) is 15.6. The minimum atomic E-state index is 0.867. The Morgan fingerprint density at radius 2 is 1.95 bits per heavy atom. The number of hydrogen-bond acceptors (Lipinski definition) is 5. The van der Waals surface area contributed by atoms with Crippen molar-refractivity contribution in [3.63, 3.8) is 0 Å². The van der Waals surface area contributed by atoms with E-state index in [-0.39, 0.29) is 0 Å². The van der Waals surface area contributed by atoms with Gasteiger partial charge in [0.15, 0.2) is 0 Å². The second-order valence-corrected chi connectivity index (χ2v) is 5.22. The van der Waals surface area contributed by atoms with Crippen LogP contribution in [0, 0.1) is 0 Å². The largest absolute Gasteiger partial charge is 0.373 e. The maximum atomic E-state index is 4.51. The molecular weight excluding hydrogens is 250 g/mol. The summed E-state index contributed by atoms with van der Waals surface area (Å²) in [6.07, 6.45) is 5.51. The number of nitrogens with one attached hydrogen (secondary N) is 1. The molecule has 3 rings (SSSR count). The summed E-state index contributed by atoms with van der Waals surface area (Å²) in [7, 11) is 4.28. The first-order valence-electron chi connectivity index (χ1n) is 6.78. The molecule has 0 unspecified atom stereocenters. The van der Waals surface area contributed by atoms with Crippen LogP contribution < -0.4 is 10.2 Å². The molecule has 0 spiro atoms. The highest BCUT2D eigenvalue weighted by atomic mass is 15.2. The summed E-state index contributed by atoms with van der Waals surface area (Å²) in [5, 5.41) is 3.31. The van der Waals surface area contributed by atoms with Crippen LogP contribution in [0.15, 0.2) is 36.8 Å². The van der Waals surface area contributed by atoms with Crippen molar-refractivity contribution >= 4 is 17.2 Å². The molecule has 1 N–H and O–H groups in total. The molecule has 0 fully saturated rings. The van der Waals surface area contributed by atoms with Gasteiger partial charge in [-0.2, -0.15) is 0 Å². The molecular formula is C15H19N5. The summed E-state index contributed by atoms with van der Waals surface area (Å²) in [6.45, 7) is 3.04. The van der Waals surface area contributed by atoms with Gasteiger partial charge in [-0.15, -0.1) is 0 Å². The van der Waals surface area contributed by atoms with E-state index < -0.39 is 0 Å². The zero-order valence-electron chi connectivity index (χ0n) is 11.9. The molecule has 1 aliphatic heterocycles. The first kappa shape index (κ1) is 12.9. The molecule has 104 valence electrons. The Labute approximate surface area is 119 Å². The van der Waals surface area contributed by atoms with E-state index in [1.54, 1.807) is 12.4 Å². The Balaban J connectivity index is 1.88. The van der Waals surface area contributed by atoms with Crippen LogP contribution in [0.1, 0.15) is 5.56 Å². The molecule has 0 aliphatic carbocycles. The van der Waals surface area contributed by atoms with Crippen molar-refractivity contribution in [2.24, 2.45) is 0 Å². The lowest BCUT2D eigenvalue weighted by atomic mass is 10.2. The van der Waals surface area contributed by atoms with Gasteiger partial charge < -0.3 is 15.1 Å². The minimum absolute atomic E-state index is 0.867. The smallest absolute Gasteiger partial charge is 0.132 e. The topological polar surface area (TPSA) is 44.3 Å². The van der Waals surface area contributed by atoms with Crippen molar-refractivity contribution < 1.29 is 0 Å². The van der Waals surface area contributed by atoms with Gasteiger partial charge in [-0.25, -0.2) is 4.98 Å². The van der Waals surface area contributed by atoms with Crippen molar-refractivity contribution in [1.82, 2.24) is 14.9 Å². The van der Waals surface area contributed by atoms with E-state index in [1.165, 1.54) is 11.3 Å². The van der Waals surface area contributed by atoms with Gasteiger partial charge >= 0.3 is 0 Å². The third kappa shape index (κ3) is 2.72. The number of aromatic nitrogens is 2. The van der Waals surface area contributed by atoms with Crippen LogP contribution in [0.3, 0.4) is 0 Å². The summed E-state index contributed by atoms with van der Waals surface area (Å²) in [6, 6.07) is 5.99. The monoisotopic (exact) mass is 269 g/mol. The predicted molar refractivity (Wildman–Crippen MR) is 81.4 cm³/mol. The Kier molecular flexibility index (Phi) is 3.52. The van der Waals surface area contributed by atoms with Crippen molar-refractivity contribution in [2.45, 2.75) is 6.54 Å². The summed E-state index contributed by atoms with van der Waals surface area (Å²) >= 11 is 0. The van der Waals surface area contributed by atoms with Crippen molar-refractivity contribution in [2.75, 3.05) is 37.4 Å². The van der Waals surface area contributed by atoms with Crippen LogP contribution in [-0.4, -0.2) is 42.1 Å². The number of rotatable bonds is 2. The zero-order chi connectivity index (χ0) is 13.9. The quantitative estimate of drug-likeness (QED) is 0.904. The first-order valence-corrected chi connectivity index (χ1v) is 6.78. The number of likely N-dealkylation sites (N-methyl/N-ethyl adjacent to an activating group) is 2. The van der Waals surface area contributed by atoms with Crippen LogP contribution in [0.5, 0.6) is 0 Å². The molecule has 0 bridgehead atoms. The molecule has 3 heterocycles. The van der Waals surface area contributed by atoms with Gasteiger partial charge in [0, 0.05) is 68.3 Å². The average molecular weight is 269 g/mol. The molecule has 0 atom stereocenters. The first-order chi connectivity index (χ1) is 9.72. The van der Waals surface area contributed by atoms with Gasteiger partial charge in [-0.05, 0) is 19.2 Å². The number of hydrogen-bond donors (Lipinski definition) is 1. The van der Waals surface area contributed by atoms with Gasteiger partial charge in [-0.3, -0.25) is 4.98 Å². The fourth-order valence-corrected chi connectivity index (χ4v) is 2.41. The highest BCUT2D eigenvalue weighted by Gasteiger charge is 2.16. The summed E-state index contributed by atoms with van der Waals surface area (Å²) in [5.41, 5.74) is 3.52. The van der Waals surface area contributed by atoms with E-state index in [2.05, 4.69) is 45.2 Å². The van der Waals surface area contributed by atoms with Crippen LogP contribution in [0.2, 0.25) is 0 Å². The van der Waals surface area contributed by atoms with Crippen molar-refractivity contribution in [3.8, 4) is 0 Å². The summed E-state index contributed by atoms with van der Waals surface area (Å²) < 4.78 is 0. The molecule has 0 saturated heterocycles. The number of anilines is 3. The lowest BCUT2D eigenvalue weighted by molar-refractivity contribution is 0.342. The van der Waals surface area contributed by atoms with Gasteiger partial charge in [-0.1, -0.05) is 0 Å². The van der Waals surface area contributed by atoms with Crippen LogP contribution >= 0.6 is 0 Å². The van der Waals surface area contributed by atoms with Gasteiger partial charge in [0.25, 0.3) is 0 Å². The van der Waals surface area contributed by atoms with Crippen LogP contribution in [0.4, 0.5) is 17.2 Å². The molecule has 1 aliphatic rings. The molecule has 5 heteroatoms. The number of fused-ring (bicyclic) bond motifs is 1. The second-order valence-electron chi connectivity index (χ2n) is 5.22. The Morgan fingerprint density at radius 1 is 1.15 bits per heavy atom. The van der Waals surface area contributed by atoms with Crippen LogP contribution in [-0.2, 0) is 6.54 Å². The third-order valence-electron chi connectivity index (χ3n) is 3.58. The molecule has 0 radical (unpaired) electrons. The number of pyridine rings is 2. The predicted octanol–water partition coefficient (Wildman–Crippen LogP) is 2.10. The highest BCUT2D eigenvalue weighted by molar-refractivity contribution is 5.64. The molecule has 0 saturated carbocycles. The summed E-state index contributed by atoms with van der Waals surface area (Å²) in [4.78, 5) is 13.1. The molecule has 0 amide bonds. The van der Waals surface area contributed by atoms with E-state index in [4.69, 9.17) is 0 Å². The highest BCUT2D eigenvalue weighted by Crippen LogP contribution is 2.26. The maximum Gasteiger partial charge on any atom is 0.132 e. The van der Waals surface area contributed by atoms with Crippen LogP contribution in [0.25, 0.3) is 0 Å². The Hall–Kier alpha value is -2.14. The van der Waals surface area contributed by atoms with E-state index in [0.29, 0.717) is 0 Å². The lowest BCUT2D eigenvalue weighted by Crippen LogP contribution is -2.26. The molecule has 5 nitrogen and oxygen atoms in total. The molecule has 2 aromatic heterocycles. The van der Waals surface area contributed by atoms with Crippen molar-refractivity contribution in [3.05, 3.63) is 42.4 Å². The third-order valence-corrected chi connectivity index (χ3v) is 3.58. The fourth-order valence-electron chi connectivity index (χ4n) is 2.41. The van der Waals surface area contributed by atoms with Gasteiger partial charge in [0.2, 0.25) is 0 Å². The van der Waals surface area contributed by atoms with Crippen molar-refractivity contribution in [1.29, 1.82) is 0 Å². The van der Waals surface area contributed by atoms with E-state index in [1.807, 2.05) is 18.3 Å². The fraction of sp³-hybridized carbons (Fsp3) is 0.333. The Bertz CT molecular complexity index is 584. The zero-order valence-corrected chi connectivity index (χ0v) is 11.9. The van der Waals surface area contributed by atoms with Gasteiger partial charge in [0.05, 0.1) is 0 Å². The summed E-state index contributed by atoms with van der Waals surface area (Å²) in [5.74, 6) is 0.867. The lowest BCUT2D eigenvalue weighted by Gasteiger charge is -2.19. The molecule has 0 aromatic carbocycles. The average Bonchev–Trinajstić information content (AvgIpc) is 2.60. The van der Waals surface area contributed by atoms with E-state index >= 15 is 0 Å². The van der Waals surface area contributed by atoms with E-state index in [9.17, 15) is 0 Å². The number of nitrogens with zero attached hydrogens (tertiary/aromatic N) is 4. The SMILES string of the molecule is CN1CCN(C)c2cc(Nc3ccncc3)ncc2C1. The standard InChI is InChI=1S/C15H19N5/c1-19-7-8-20(2)14-9-15(17-10-12(14)11-19)18-13-3-5-16-6-4-13/h3-6,9-10H,7-8,11H2,1-2H3,(H,16,17,18). The second kappa shape index (κ2) is 5.46. The minimum Gasteiger partial charge on any atom is -0.373 e. The maximum absolute atomic E-state index is 4.51. The van der Waals surface area contributed by atoms with Gasteiger partial charge in [0.1, 0.15) is 5.82 Å². The molecule has 2 aromatic rings. The van der Waals surface area contributed by atoms with E-state index in [0.717, 1.165) is 31.1 Å². The molecule has 20 heavy (non-hydrogen) atoms. The Morgan fingerprint density at radius 3 is 2.75 bits per heavy atom.